The molecule has 0 bridgehead atoms. The summed E-state index contributed by atoms with van der Waals surface area (Å²) in [6.07, 6.45) is 2.01. The first kappa shape index (κ1) is 12.8. The molecule has 3 aromatic rings. The number of halogens is 1. The Labute approximate surface area is 121 Å². The van der Waals surface area contributed by atoms with E-state index in [1.165, 1.54) is 0 Å². The van der Waals surface area contributed by atoms with Crippen molar-refractivity contribution in [1.82, 2.24) is 14.3 Å². The summed E-state index contributed by atoms with van der Waals surface area (Å²) < 4.78 is 3.80. The maximum atomic E-state index is 8.93. The zero-order valence-corrected chi connectivity index (χ0v) is 12.0. The lowest BCUT2D eigenvalue weighted by Crippen LogP contribution is -1.99. The quantitative estimate of drug-likeness (QED) is 0.725. The average Bonchev–Trinajstić information content (AvgIpc) is 2.95. The van der Waals surface area contributed by atoms with Crippen molar-refractivity contribution in [3.05, 3.63) is 52.4 Å². The maximum Gasteiger partial charge on any atom is 0.131 e. The van der Waals surface area contributed by atoms with Crippen LogP contribution in [0.4, 0.5) is 0 Å². The number of fused-ring (bicyclic) bond motifs is 1. The summed E-state index contributed by atoms with van der Waals surface area (Å²) in [7, 11) is 1.84. The number of hydrogen-bond donors (Lipinski definition) is 0. The van der Waals surface area contributed by atoms with E-state index in [0.29, 0.717) is 17.3 Å². The Morgan fingerprint density at radius 1 is 1.35 bits per heavy atom. The van der Waals surface area contributed by atoms with Crippen LogP contribution in [0.15, 0.2) is 30.5 Å². The molecule has 0 aliphatic heterocycles. The van der Waals surface area contributed by atoms with Crippen LogP contribution in [0.25, 0.3) is 10.9 Å². The van der Waals surface area contributed by atoms with Crippen molar-refractivity contribution in [3.63, 3.8) is 0 Å². The smallest absolute Gasteiger partial charge is 0.131 e. The lowest BCUT2D eigenvalue weighted by molar-refractivity contribution is 0.757. The van der Waals surface area contributed by atoms with Gasteiger partial charge >= 0.3 is 0 Å². The van der Waals surface area contributed by atoms with Gasteiger partial charge in [-0.3, -0.25) is 4.68 Å². The predicted octanol–water partition coefficient (Wildman–Crippen LogP) is 3.26. The molecule has 2 heterocycles. The number of aryl methyl sites for hydroxylation is 2. The fraction of sp³-hybridized carbons (Fsp3) is 0.200. The van der Waals surface area contributed by atoms with E-state index in [9.17, 15) is 0 Å². The van der Waals surface area contributed by atoms with E-state index < -0.39 is 0 Å². The summed E-state index contributed by atoms with van der Waals surface area (Å²) in [5, 5.41) is 15.0. The van der Waals surface area contributed by atoms with E-state index in [1.54, 1.807) is 4.68 Å². The Balaban J connectivity index is 2.05. The van der Waals surface area contributed by atoms with Crippen molar-refractivity contribution in [1.29, 1.82) is 5.26 Å². The first-order chi connectivity index (χ1) is 9.60. The molecule has 4 nitrogen and oxygen atoms in total. The average molecular weight is 285 g/mol. The third-order valence-electron chi connectivity index (χ3n) is 3.50. The van der Waals surface area contributed by atoms with Gasteiger partial charge in [0, 0.05) is 29.7 Å². The normalized spacial score (nSPS) is 10.9. The number of nitriles is 1. The Hall–Kier alpha value is -2.25. The van der Waals surface area contributed by atoms with E-state index in [-0.39, 0.29) is 0 Å². The monoisotopic (exact) mass is 284 g/mol. The molecule has 2 aromatic heterocycles. The summed E-state index contributed by atoms with van der Waals surface area (Å²) in [6.45, 7) is 2.63. The first-order valence-electron chi connectivity index (χ1n) is 6.27. The molecule has 0 aliphatic carbocycles. The lowest BCUT2D eigenvalue weighted by atomic mass is 10.2. The molecule has 0 spiro atoms. The third kappa shape index (κ3) is 1.97. The molecule has 0 fully saturated rings. The predicted molar refractivity (Wildman–Crippen MR) is 78.7 cm³/mol. The number of rotatable bonds is 2. The van der Waals surface area contributed by atoms with Crippen LogP contribution in [0.5, 0.6) is 0 Å². The zero-order chi connectivity index (χ0) is 14.3. The van der Waals surface area contributed by atoms with Gasteiger partial charge in [-0.25, -0.2) is 0 Å². The van der Waals surface area contributed by atoms with E-state index in [0.717, 1.165) is 22.2 Å². The molecule has 0 saturated heterocycles. The van der Waals surface area contributed by atoms with Crippen LogP contribution < -0.4 is 0 Å². The number of benzene rings is 1. The molecule has 0 atom stereocenters. The van der Waals surface area contributed by atoms with Crippen LogP contribution >= 0.6 is 11.6 Å². The van der Waals surface area contributed by atoms with Gasteiger partial charge in [-0.15, -0.1) is 0 Å². The van der Waals surface area contributed by atoms with Gasteiger partial charge in [0.15, 0.2) is 0 Å². The fourth-order valence-electron chi connectivity index (χ4n) is 2.43. The zero-order valence-electron chi connectivity index (χ0n) is 11.3. The summed E-state index contributed by atoms with van der Waals surface area (Å²) in [5.74, 6) is 0. The highest BCUT2D eigenvalue weighted by molar-refractivity contribution is 6.30. The first-order valence-corrected chi connectivity index (χ1v) is 6.65. The van der Waals surface area contributed by atoms with Crippen LogP contribution in [0.1, 0.15) is 16.8 Å². The lowest BCUT2D eigenvalue weighted by Gasteiger charge is -2.05. The van der Waals surface area contributed by atoms with Gasteiger partial charge in [0.05, 0.1) is 23.9 Å². The third-order valence-corrected chi connectivity index (χ3v) is 3.97. The summed E-state index contributed by atoms with van der Waals surface area (Å²) in [5.41, 5.74) is 3.72. The highest BCUT2D eigenvalue weighted by atomic mass is 35.5. The molecule has 5 heteroatoms. The van der Waals surface area contributed by atoms with Crippen molar-refractivity contribution < 1.29 is 0 Å². The van der Waals surface area contributed by atoms with Crippen molar-refractivity contribution in [3.8, 4) is 6.07 Å². The topological polar surface area (TPSA) is 46.5 Å². The molecule has 0 aliphatic rings. The molecule has 0 N–H and O–H groups in total. The number of hydrogen-bond acceptors (Lipinski definition) is 2. The van der Waals surface area contributed by atoms with Gasteiger partial charge in [-0.05, 0) is 31.2 Å². The second-order valence-corrected chi connectivity index (χ2v) is 5.17. The molecular weight excluding hydrogens is 272 g/mol. The van der Waals surface area contributed by atoms with Crippen LogP contribution in [0.2, 0.25) is 5.15 Å². The maximum absolute atomic E-state index is 8.93. The van der Waals surface area contributed by atoms with E-state index in [1.807, 2.05) is 44.4 Å². The number of aromatic nitrogens is 3. The fourth-order valence-corrected chi connectivity index (χ4v) is 2.67. The van der Waals surface area contributed by atoms with Crippen molar-refractivity contribution in [2.24, 2.45) is 7.05 Å². The molecule has 100 valence electrons. The van der Waals surface area contributed by atoms with E-state index >= 15 is 0 Å². The van der Waals surface area contributed by atoms with Gasteiger partial charge in [0.25, 0.3) is 0 Å². The van der Waals surface area contributed by atoms with Gasteiger partial charge in [-0.2, -0.15) is 10.4 Å². The van der Waals surface area contributed by atoms with Crippen molar-refractivity contribution in [2.45, 2.75) is 13.5 Å². The minimum Gasteiger partial charge on any atom is -0.343 e. The molecule has 0 saturated carbocycles. The van der Waals surface area contributed by atoms with E-state index in [2.05, 4.69) is 15.7 Å². The number of nitrogens with zero attached hydrogens (tertiary/aromatic N) is 4. The van der Waals surface area contributed by atoms with Crippen LogP contribution in [0.3, 0.4) is 0 Å². The SMILES string of the molecule is Cc1nn(C)c(Cl)c1Cn1ccc2cc(C#N)ccc21. The van der Waals surface area contributed by atoms with E-state index in [4.69, 9.17) is 16.9 Å². The largest absolute Gasteiger partial charge is 0.343 e. The Kier molecular flexibility index (Phi) is 3.00. The molecular formula is C15H13ClN4. The molecule has 0 amide bonds. The second kappa shape index (κ2) is 4.69. The Bertz CT molecular complexity index is 836. The second-order valence-electron chi connectivity index (χ2n) is 4.81. The minimum absolute atomic E-state index is 0.665. The van der Waals surface area contributed by atoms with Gasteiger partial charge in [0.1, 0.15) is 5.15 Å². The van der Waals surface area contributed by atoms with Gasteiger partial charge < -0.3 is 4.57 Å². The van der Waals surface area contributed by atoms with Gasteiger partial charge in [-0.1, -0.05) is 11.6 Å². The molecule has 0 radical (unpaired) electrons. The highest BCUT2D eigenvalue weighted by Gasteiger charge is 2.12. The molecule has 20 heavy (non-hydrogen) atoms. The molecule has 3 rings (SSSR count). The Morgan fingerprint density at radius 2 is 2.15 bits per heavy atom. The summed E-state index contributed by atoms with van der Waals surface area (Å²) >= 11 is 6.27. The van der Waals surface area contributed by atoms with Gasteiger partial charge in [0.2, 0.25) is 0 Å². The summed E-state index contributed by atoms with van der Waals surface area (Å²) in [6, 6.07) is 9.85. The highest BCUT2D eigenvalue weighted by Crippen LogP contribution is 2.23. The molecule has 0 unspecified atom stereocenters. The van der Waals surface area contributed by atoms with Crippen LogP contribution in [0, 0.1) is 18.3 Å². The van der Waals surface area contributed by atoms with Crippen molar-refractivity contribution >= 4 is 22.5 Å². The summed E-state index contributed by atoms with van der Waals surface area (Å²) in [4.78, 5) is 0. The molecule has 1 aromatic carbocycles. The standard InChI is InChI=1S/C15H13ClN4/c1-10-13(15(16)19(2)18-10)9-20-6-5-12-7-11(8-17)3-4-14(12)20/h3-7H,9H2,1-2H3. The minimum atomic E-state index is 0.665. The van der Waals surface area contributed by atoms with Crippen molar-refractivity contribution in [2.75, 3.05) is 0 Å². The Morgan fingerprint density at radius 3 is 2.80 bits per heavy atom. The van der Waals surface area contributed by atoms with Crippen LogP contribution in [-0.4, -0.2) is 14.3 Å². The van der Waals surface area contributed by atoms with Crippen LogP contribution in [-0.2, 0) is 13.6 Å².